The van der Waals surface area contributed by atoms with Gasteiger partial charge in [-0.1, -0.05) is 42.1 Å². The Balaban J connectivity index is 1.72. The smallest absolute Gasteiger partial charge is 0.184 e. The summed E-state index contributed by atoms with van der Waals surface area (Å²) in [5, 5.41) is 2.86. The molecule has 0 spiro atoms. The molecule has 0 amide bonds. The number of nitrogens with one attached hydrogen (secondary N) is 2. The van der Waals surface area contributed by atoms with Crippen molar-refractivity contribution in [3.63, 3.8) is 0 Å². The van der Waals surface area contributed by atoms with Gasteiger partial charge in [-0.15, -0.1) is 0 Å². The van der Waals surface area contributed by atoms with Crippen molar-refractivity contribution in [2.45, 2.75) is 0 Å². The Morgan fingerprint density at radius 3 is 2.33 bits per heavy atom. The molecule has 2 aromatic rings. The standard InChI is InChI=1S/C16H15N3OS/c1-20-14-9-7-13(8-10-14)17-16-19-18-15(11-21-16)12-5-3-2-4-6-12/h2-11,18H,1H3,(H,17,19). The summed E-state index contributed by atoms with van der Waals surface area (Å²) >= 11 is 1.55. The van der Waals surface area contributed by atoms with E-state index in [9.17, 15) is 0 Å². The SMILES string of the molecule is COc1ccc(N=C2NNC(c3ccccc3)=CS2)cc1. The lowest BCUT2D eigenvalue weighted by Gasteiger charge is -2.18. The van der Waals surface area contributed by atoms with Gasteiger partial charge in [-0.25, -0.2) is 4.99 Å². The van der Waals surface area contributed by atoms with E-state index in [0.29, 0.717) is 0 Å². The first-order valence-corrected chi connectivity index (χ1v) is 7.40. The van der Waals surface area contributed by atoms with Crippen LogP contribution in [0.3, 0.4) is 0 Å². The highest BCUT2D eigenvalue weighted by Gasteiger charge is 2.09. The predicted octanol–water partition coefficient (Wildman–Crippen LogP) is 3.52. The van der Waals surface area contributed by atoms with Crippen LogP contribution in [0.5, 0.6) is 5.75 Å². The van der Waals surface area contributed by atoms with Gasteiger partial charge < -0.3 is 4.74 Å². The summed E-state index contributed by atoms with van der Waals surface area (Å²) in [5.74, 6) is 0.826. The molecule has 1 aliphatic heterocycles. The third-order valence-corrected chi connectivity index (χ3v) is 3.75. The van der Waals surface area contributed by atoms with Crippen molar-refractivity contribution in [2.24, 2.45) is 4.99 Å². The Morgan fingerprint density at radius 1 is 0.952 bits per heavy atom. The highest BCUT2D eigenvalue weighted by molar-refractivity contribution is 8.16. The van der Waals surface area contributed by atoms with E-state index in [0.717, 1.165) is 27.9 Å². The third kappa shape index (κ3) is 3.38. The van der Waals surface area contributed by atoms with Crippen molar-refractivity contribution in [1.29, 1.82) is 0 Å². The number of ether oxygens (including phenoxy) is 1. The number of benzene rings is 2. The zero-order chi connectivity index (χ0) is 14.5. The van der Waals surface area contributed by atoms with Crippen molar-refractivity contribution in [3.05, 3.63) is 65.6 Å². The van der Waals surface area contributed by atoms with Gasteiger partial charge in [0.1, 0.15) is 5.75 Å². The van der Waals surface area contributed by atoms with Crippen molar-refractivity contribution < 1.29 is 4.74 Å². The quantitative estimate of drug-likeness (QED) is 0.910. The van der Waals surface area contributed by atoms with E-state index in [2.05, 4.69) is 28.0 Å². The van der Waals surface area contributed by atoms with Gasteiger partial charge in [0.25, 0.3) is 0 Å². The van der Waals surface area contributed by atoms with Crippen LogP contribution < -0.4 is 15.6 Å². The largest absolute Gasteiger partial charge is 0.497 e. The molecule has 0 bridgehead atoms. The van der Waals surface area contributed by atoms with Crippen LogP contribution in [0.25, 0.3) is 5.70 Å². The Labute approximate surface area is 127 Å². The Morgan fingerprint density at radius 2 is 1.71 bits per heavy atom. The first-order chi connectivity index (χ1) is 10.3. The van der Waals surface area contributed by atoms with Crippen LogP contribution in [0, 0.1) is 0 Å². The topological polar surface area (TPSA) is 45.6 Å². The van der Waals surface area contributed by atoms with E-state index in [1.807, 2.05) is 47.9 Å². The van der Waals surface area contributed by atoms with Gasteiger partial charge in [0.2, 0.25) is 0 Å². The second-order valence-corrected chi connectivity index (χ2v) is 5.24. The van der Waals surface area contributed by atoms with Gasteiger partial charge in [0.15, 0.2) is 5.17 Å². The first kappa shape index (κ1) is 13.6. The molecule has 2 aromatic carbocycles. The summed E-state index contributed by atoms with van der Waals surface area (Å²) in [6.07, 6.45) is 0. The molecule has 1 heterocycles. The number of amidine groups is 1. The fourth-order valence-electron chi connectivity index (χ4n) is 1.88. The second kappa shape index (κ2) is 6.37. The molecule has 5 heteroatoms. The molecule has 0 atom stereocenters. The molecule has 0 aromatic heterocycles. The fourth-order valence-corrected chi connectivity index (χ4v) is 2.57. The van der Waals surface area contributed by atoms with Gasteiger partial charge in [0.05, 0.1) is 18.5 Å². The van der Waals surface area contributed by atoms with Crippen molar-refractivity contribution >= 4 is 28.3 Å². The zero-order valence-corrected chi connectivity index (χ0v) is 12.4. The van der Waals surface area contributed by atoms with Gasteiger partial charge >= 0.3 is 0 Å². The van der Waals surface area contributed by atoms with Gasteiger partial charge in [-0.3, -0.25) is 10.9 Å². The van der Waals surface area contributed by atoms with Crippen LogP contribution in [-0.4, -0.2) is 12.3 Å². The Kier molecular flexibility index (Phi) is 4.12. The average Bonchev–Trinajstić information content (AvgIpc) is 2.57. The van der Waals surface area contributed by atoms with Crippen molar-refractivity contribution in [2.75, 3.05) is 7.11 Å². The van der Waals surface area contributed by atoms with Gasteiger partial charge in [-0.2, -0.15) is 0 Å². The van der Waals surface area contributed by atoms with Gasteiger partial charge in [-0.05, 0) is 29.8 Å². The monoisotopic (exact) mass is 297 g/mol. The minimum absolute atomic E-state index is 0.805. The molecule has 1 aliphatic rings. The number of hydrogen-bond acceptors (Lipinski definition) is 4. The maximum atomic E-state index is 5.13. The van der Waals surface area contributed by atoms with E-state index in [-0.39, 0.29) is 0 Å². The summed E-state index contributed by atoms with van der Waals surface area (Å²) in [6, 6.07) is 17.8. The average molecular weight is 297 g/mol. The molecular weight excluding hydrogens is 282 g/mol. The predicted molar refractivity (Wildman–Crippen MR) is 88.4 cm³/mol. The first-order valence-electron chi connectivity index (χ1n) is 6.52. The van der Waals surface area contributed by atoms with E-state index in [4.69, 9.17) is 4.74 Å². The summed E-state index contributed by atoms with van der Waals surface area (Å²) in [4.78, 5) is 4.53. The molecule has 4 nitrogen and oxygen atoms in total. The van der Waals surface area contributed by atoms with Crippen LogP contribution in [0.1, 0.15) is 5.56 Å². The molecule has 0 aliphatic carbocycles. The number of methoxy groups -OCH3 is 1. The number of hydrogen-bond donors (Lipinski definition) is 2. The Hall–Kier alpha value is -2.40. The summed E-state index contributed by atoms with van der Waals surface area (Å²) < 4.78 is 5.13. The molecule has 0 saturated carbocycles. The minimum atomic E-state index is 0.805. The van der Waals surface area contributed by atoms with Crippen molar-refractivity contribution in [3.8, 4) is 5.75 Å². The van der Waals surface area contributed by atoms with Crippen molar-refractivity contribution in [1.82, 2.24) is 10.9 Å². The Bertz CT molecular complexity index is 666. The lowest BCUT2D eigenvalue weighted by atomic mass is 10.2. The van der Waals surface area contributed by atoms with E-state index in [1.165, 1.54) is 0 Å². The number of nitrogens with zero attached hydrogens (tertiary/aromatic N) is 1. The van der Waals surface area contributed by atoms with Gasteiger partial charge in [0, 0.05) is 5.41 Å². The number of hydrazine groups is 1. The number of thioether (sulfide) groups is 1. The summed E-state index contributed by atoms with van der Waals surface area (Å²) in [5.41, 5.74) is 9.33. The molecule has 3 rings (SSSR count). The van der Waals surface area contributed by atoms with E-state index < -0.39 is 0 Å². The van der Waals surface area contributed by atoms with Crippen LogP contribution in [0.2, 0.25) is 0 Å². The van der Waals surface area contributed by atoms with Crippen LogP contribution in [0.4, 0.5) is 5.69 Å². The lowest BCUT2D eigenvalue weighted by Crippen LogP contribution is -2.36. The van der Waals surface area contributed by atoms with E-state index in [1.54, 1.807) is 18.9 Å². The third-order valence-electron chi connectivity index (χ3n) is 2.98. The summed E-state index contributed by atoms with van der Waals surface area (Å²) in [6.45, 7) is 0. The second-order valence-electron chi connectivity index (χ2n) is 4.38. The normalized spacial score (nSPS) is 15.9. The minimum Gasteiger partial charge on any atom is -0.497 e. The van der Waals surface area contributed by atoms with Crippen LogP contribution in [0.15, 0.2) is 65.0 Å². The molecule has 0 fully saturated rings. The highest BCUT2D eigenvalue weighted by atomic mass is 32.2. The van der Waals surface area contributed by atoms with Crippen LogP contribution >= 0.6 is 11.8 Å². The zero-order valence-electron chi connectivity index (χ0n) is 11.5. The molecule has 106 valence electrons. The highest BCUT2D eigenvalue weighted by Crippen LogP contribution is 2.23. The lowest BCUT2D eigenvalue weighted by molar-refractivity contribution is 0.415. The van der Waals surface area contributed by atoms with E-state index >= 15 is 0 Å². The molecule has 0 unspecified atom stereocenters. The maximum Gasteiger partial charge on any atom is 0.184 e. The molecule has 21 heavy (non-hydrogen) atoms. The maximum absolute atomic E-state index is 5.13. The molecule has 0 saturated heterocycles. The molecular formula is C16H15N3OS. The number of aliphatic imine (C=N–C) groups is 1. The number of rotatable bonds is 3. The fraction of sp³-hybridized carbons (Fsp3) is 0.0625. The van der Waals surface area contributed by atoms with Crippen LogP contribution in [-0.2, 0) is 0 Å². The molecule has 2 N–H and O–H groups in total. The summed E-state index contributed by atoms with van der Waals surface area (Å²) in [7, 11) is 1.65. The molecule has 0 radical (unpaired) electrons.